The summed E-state index contributed by atoms with van der Waals surface area (Å²) in [6.45, 7) is 1.19. The molecule has 2 rings (SSSR count). The first-order valence-corrected chi connectivity index (χ1v) is 8.19. The summed E-state index contributed by atoms with van der Waals surface area (Å²) in [6.07, 6.45) is 5.54. The van der Waals surface area contributed by atoms with Crippen LogP contribution in [0.15, 0.2) is 48.5 Å². The van der Waals surface area contributed by atoms with E-state index in [0.717, 1.165) is 38.3 Å². The van der Waals surface area contributed by atoms with Crippen molar-refractivity contribution in [3.05, 3.63) is 59.7 Å². The number of aldehydes is 2. The third kappa shape index (κ3) is 5.54. The molecule has 0 aromatic heterocycles. The van der Waals surface area contributed by atoms with Crippen molar-refractivity contribution in [2.24, 2.45) is 0 Å². The minimum Gasteiger partial charge on any atom is -0.493 e. The van der Waals surface area contributed by atoms with Gasteiger partial charge in [0, 0.05) is 0 Å². The Morgan fingerprint density at radius 1 is 0.625 bits per heavy atom. The molecule has 2 aromatic rings. The van der Waals surface area contributed by atoms with Crippen molar-refractivity contribution in [3.63, 3.8) is 0 Å². The summed E-state index contributed by atoms with van der Waals surface area (Å²) in [5.41, 5.74) is 1.17. The Labute approximate surface area is 142 Å². The Morgan fingerprint density at radius 2 is 1.04 bits per heavy atom. The molecule has 4 heteroatoms. The molecule has 0 spiro atoms. The van der Waals surface area contributed by atoms with Gasteiger partial charge in [-0.3, -0.25) is 9.59 Å². The molecule has 0 N–H and O–H groups in total. The van der Waals surface area contributed by atoms with Crippen LogP contribution in [0.4, 0.5) is 0 Å². The molecule has 0 fully saturated rings. The highest BCUT2D eigenvalue weighted by Crippen LogP contribution is 2.17. The van der Waals surface area contributed by atoms with Crippen molar-refractivity contribution in [2.75, 3.05) is 13.2 Å². The van der Waals surface area contributed by atoms with E-state index < -0.39 is 0 Å². The molecule has 126 valence electrons. The summed E-state index contributed by atoms with van der Waals surface area (Å²) in [5.74, 6) is 1.28. The molecule has 0 aliphatic carbocycles. The highest BCUT2D eigenvalue weighted by molar-refractivity contribution is 5.79. The van der Waals surface area contributed by atoms with Gasteiger partial charge in [-0.2, -0.15) is 0 Å². The van der Waals surface area contributed by atoms with Gasteiger partial charge >= 0.3 is 0 Å². The SMILES string of the molecule is O=Cc1ccccc1OCCCCCCOc1ccccc1C=O. The van der Waals surface area contributed by atoms with Crippen molar-refractivity contribution in [3.8, 4) is 11.5 Å². The number of benzene rings is 2. The van der Waals surface area contributed by atoms with Gasteiger partial charge in [0.05, 0.1) is 24.3 Å². The van der Waals surface area contributed by atoms with E-state index in [9.17, 15) is 9.59 Å². The maximum absolute atomic E-state index is 10.9. The Morgan fingerprint density at radius 3 is 1.46 bits per heavy atom. The summed E-state index contributed by atoms with van der Waals surface area (Å²) in [4.78, 5) is 21.8. The number of hydrogen-bond acceptors (Lipinski definition) is 4. The molecular formula is C20H22O4. The van der Waals surface area contributed by atoms with Crippen molar-refractivity contribution >= 4 is 12.6 Å². The second-order valence-corrected chi connectivity index (χ2v) is 5.42. The molecule has 0 bridgehead atoms. The lowest BCUT2D eigenvalue weighted by Gasteiger charge is -2.09. The number of carbonyl (C=O) groups is 2. The molecule has 24 heavy (non-hydrogen) atoms. The summed E-state index contributed by atoms with van der Waals surface area (Å²) >= 11 is 0. The number of rotatable bonds is 11. The Hall–Kier alpha value is -2.62. The lowest BCUT2D eigenvalue weighted by Crippen LogP contribution is -2.02. The smallest absolute Gasteiger partial charge is 0.153 e. The first-order valence-electron chi connectivity index (χ1n) is 8.19. The van der Waals surface area contributed by atoms with Gasteiger partial charge in [-0.1, -0.05) is 24.3 Å². The molecule has 0 radical (unpaired) electrons. The van der Waals surface area contributed by atoms with E-state index in [-0.39, 0.29) is 0 Å². The molecule has 0 unspecified atom stereocenters. The fraction of sp³-hybridized carbons (Fsp3) is 0.300. The van der Waals surface area contributed by atoms with E-state index in [1.165, 1.54) is 0 Å². The Kier molecular flexibility index (Phi) is 7.54. The standard InChI is InChI=1S/C20H22O4/c21-15-17-9-3-5-11-19(17)23-13-7-1-2-8-14-24-20-12-6-4-10-18(20)16-22/h3-6,9-12,15-16H,1-2,7-8,13-14H2. The molecule has 0 saturated carbocycles. The van der Waals surface area contributed by atoms with Crippen LogP contribution < -0.4 is 9.47 Å². The van der Waals surface area contributed by atoms with Gasteiger partial charge in [0.1, 0.15) is 11.5 Å². The summed E-state index contributed by atoms with van der Waals surface area (Å²) < 4.78 is 11.3. The van der Waals surface area contributed by atoms with Crippen molar-refractivity contribution in [1.29, 1.82) is 0 Å². The minimum absolute atomic E-state index is 0.583. The van der Waals surface area contributed by atoms with Gasteiger partial charge < -0.3 is 9.47 Å². The van der Waals surface area contributed by atoms with E-state index in [1.54, 1.807) is 12.1 Å². The first kappa shape index (κ1) is 17.7. The van der Waals surface area contributed by atoms with E-state index in [4.69, 9.17) is 9.47 Å². The second kappa shape index (κ2) is 10.2. The van der Waals surface area contributed by atoms with E-state index in [2.05, 4.69) is 0 Å². The second-order valence-electron chi connectivity index (χ2n) is 5.42. The molecule has 0 aliphatic rings. The quantitative estimate of drug-likeness (QED) is 0.455. The van der Waals surface area contributed by atoms with Gasteiger partial charge in [-0.15, -0.1) is 0 Å². The fourth-order valence-corrected chi connectivity index (χ4v) is 2.34. The predicted molar refractivity (Wildman–Crippen MR) is 93.1 cm³/mol. The molecule has 0 amide bonds. The van der Waals surface area contributed by atoms with Crippen LogP contribution in [0.2, 0.25) is 0 Å². The van der Waals surface area contributed by atoms with Crippen LogP contribution in [-0.2, 0) is 0 Å². The van der Waals surface area contributed by atoms with Crippen molar-refractivity contribution < 1.29 is 19.1 Å². The molecular weight excluding hydrogens is 304 g/mol. The monoisotopic (exact) mass is 326 g/mol. The third-order valence-corrected chi connectivity index (χ3v) is 3.65. The number of unbranched alkanes of at least 4 members (excludes halogenated alkanes) is 3. The Balaban J connectivity index is 1.57. The van der Waals surface area contributed by atoms with E-state index in [0.29, 0.717) is 35.8 Å². The van der Waals surface area contributed by atoms with Crippen LogP contribution in [0.5, 0.6) is 11.5 Å². The third-order valence-electron chi connectivity index (χ3n) is 3.65. The van der Waals surface area contributed by atoms with Crippen LogP contribution in [0.25, 0.3) is 0 Å². The molecule has 0 aliphatic heterocycles. The van der Waals surface area contributed by atoms with Crippen LogP contribution in [0.3, 0.4) is 0 Å². The Bertz CT molecular complexity index is 594. The van der Waals surface area contributed by atoms with Crippen LogP contribution in [0.1, 0.15) is 46.4 Å². The van der Waals surface area contributed by atoms with Gasteiger partial charge in [0.2, 0.25) is 0 Å². The number of ether oxygens (including phenoxy) is 2. The van der Waals surface area contributed by atoms with Gasteiger partial charge in [0.25, 0.3) is 0 Å². The number of para-hydroxylation sites is 2. The maximum Gasteiger partial charge on any atom is 0.153 e. The summed E-state index contributed by atoms with van der Waals surface area (Å²) in [7, 11) is 0. The molecule has 0 heterocycles. The van der Waals surface area contributed by atoms with Crippen molar-refractivity contribution in [1.82, 2.24) is 0 Å². The zero-order valence-electron chi connectivity index (χ0n) is 13.6. The van der Waals surface area contributed by atoms with E-state index >= 15 is 0 Å². The highest BCUT2D eigenvalue weighted by Gasteiger charge is 2.02. The average molecular weight is 326 g/mol. The number of carbonyl (C=O) groups excluding carboxylic acids is 2. The first-order chi connectivity index (χ1) is 11.8. The summed E-state index contributed by atoms with van der Waals surface area (Å²) in [6, 6.07) is 14.5. The molecule has 4 nitrogen and oxygen atoms in total. The highest BCUT2D eigenvalue weighted by atomic mass is 16.5. The van der Waals surface area contributed by atoms with Gasteiger partial charge in [0.15, 0.2) is 12.6 Å². The van der Waals surface area contributed by atoms with Crippen LogP contribution >= 0.6 is 0 Å². The number of hydrogen-bond donors (Lipinski definition) is 0. The zero-order chi connectivity index (χ0) is 17.0. The van der Waals surface area contributed by atoms with Crippen LogP contribution in [0, 0.1) is 0 Å². The topological polar surface area (TPSA) is 52.6 Å². The molecule has 2 aromatic carbocycles. The largest absolute Gasteiger partial charge is 0.493 e. The maximum atomic E-state index is 10.9. The molecule has 0 saturated heterocycles. The lowest BCUT2D eigenvalue weighted by atomic mass is 10.2. The van der Waals surface area contributed by atoms with Gasteiger partial charge in [-0.25, -0.2) is 0 Å². The minimum atomic E-state index is 0.583. The molecule has 0 atom stereocenters. The van der Waals surface area contributed by atoms with Crippen LogP contribution in [-0.4, -0.2) is 25.8 Å². The zero-order valence-corrected chi connectivity index (χ0v) is 13.6. The fourth-order valence-electron chi connectivity index (χ4n) is 2.34. The van der Waals surface area contributed by atoms with Crippen molar-refractivity contribution in [2.45, 2.75) is 25.7 Å². The van der Waals surface area contributed by atoms with Gasteiger partial charge in [-0.05, 0) is 49.9 Å². The average Bonchev–Trinajstić information content (AvgIpc) is 2.64. The predicted octanol–water partition coefficient (Wildman–Crippen LogP) is 4.33. The lowest BCUT2D eigenvalue weighted by molar-refractivity contribution is 0.111. The summed E-state index contributed by atoms with van der Waals surface area (Å²) in [5, 5.41) is 0. The normalized spacial score (nSPS) is 10.2. The van der Waals surface area contributed by atoms with E-state index in [1.807, 2.05) is 36.4 Å².